The molecule has 1 aliphatic heterocycles. The summed E-state index contributed by atoms with van der Waals surface area (Å²) < 4.78 is -0.285. The fourth-order valence-corrected chi connectivity index (χ4v) is 3.60. The molecule has 1 saturated heterocycles. The van der Waals surface area contributed by atoms with Gasteiger partial charge in [0.2, 0.25) is 5.91 Å². The molecule has 5 nitrogen and oxygen atoms in total. The molecule has 2 aromatic carbocycles. The predicted octanol–water partition coefficient (Wildman–Crippen LogP) is 2.56. The first-order valence-corrected chi connectivity index (χ1v) is 10.6. The van der Waals surface area contributed by atoms with Crippen LogP contribution in [-0.2, 0) is 58.9 Å². The Balaban J connectivity index is 0.00000320. The van der Waals surface area contributed by atoms with Crippen molar-refractivity contribution in [1.29, 1.82) is 0 Å². The number of carbonyl (C=O) groups is 1. The van der Waals surface area contributed by atoms with Crippen LogP contribution in [0.1, 0.15) is 11.1 Å². The van der Waals surface area contributed by atoms with Gasteiger partial charge in [0.15, 0.2) is 0 Å². The van der Waals surface area contributed by atoms with Crippen molar-refractivity contribution in [2.45, 2.75) is 11.1 Å². The first kappa shape index (κ1) is 25.0. The van der Waals surface area contributed by atoms with Gasteiger partial charge in [0.05, 0.1) is 12.1 Å². The minimum Gasteiger partial charge on any atom is -0.800 e. The van der Waals surface area contributed by atoms with E-state index in [4.69, 9.17) is 25.3 Å². The number of aliphatic imine (C=N–C) groups is 1. The van der Waals surface area contributed by atoms with Crippen molar-refractivity contribution in [3.8, 4) is 0 Å². The summed E-state index contributed by atoms with van der Waals surface area (Å²) in [5.41, 5.74) is 4.07. The van der Waals surface area contributed by atoms with Crippen LogP contribution in [0.5, 0.6) is 0 Å². The summed E-state index contributed by atoms with van der Waals surface area (Å²) in [6.45, 7) is 2.91. The summed E-state index contributed by atoms with van der Waals surface area (Å²) in [5, 5.41) is 0. The van der Waals surface area contributed by atoms with Gasteiger partial charge in [0.1, 0.15) is 0 Å². The number of hydrogen-bond donors (Lipinski definition) is 0. The molecule has 0 aliphatic carbocycles. The van der Waals surface area contributed by atoms with Crippen LogP contribution in [0.25, 0.3) is 0 Å². The Labute approximate surface area is 205 Å². The molecule has 1 amide bonds. The zero-order chi connectivity index (χ0) is 20.8. The van der Waals surface area contributed by atoms with Crippen molar-refractivity contribution in [1.82, 2.24) is 9.80 Å². The van der Waals surface area contributed by atoms with Crippen molar-refractivity contribution in [2.75, 3.05) is 45.2 Å². The summed E-state index contributed by atoms with van der Waals surface area (Å²) >= 11 is 10.2. The maximum absolute atomic E-state index is 12.5. The second-order valence-electron chi connectivity index (χ2n) is 7.31. The van der Waals surface area contributed by atoms with Gasteiger partial charge in [-0.25, -0.2) is 4.71 Å². The molecule has 0 N–H and O–H groups in total. The number of benzene rings is 2. The van der Waals surface area contributed by atoms with Crippen molar-refractivity contribution < 1.29 is 27.2 Å². The average Bonchev–Trinajstić information content (AvgIpc) is 2.73. The molecule has 0 saturated carbocycles. The fraction of sp³-hybridized carbons (Fsp3) is 0.364. The molecular formula is C22H26AuN4OS2-2. The molecule has 0 atom stereocenters. The number of rotatable bonds is 6. The minimum atomic E-state index is -0.285. The van der Waals surface area contributed by atoms with Crippen LogP contribution in [0, 0.1) is 0 Å². The van der Waals surface area contributed by atoms with Crippen molar-refractivity contribution in [2.24, 2.45) is 4.99 Å². The summed E-state index contributed by atoms with van der Waals surface area (Å²) in [5.74, 6) is 0.150. The summed E-state index contributed by atoms with van der Waals surface area (Å²) in [7, 11) is 4.03. The molecule has 0 aromatic heterocycles. The topological polar surface area (TPSA) is 39.2 Å². The van der Waals surface area contributed by atoms with Crippen LogP contribution in [0.4, 0.5) is 11.4 Å². The summed E-state index contributed by atoms with van der Waals surface area (Å²) in [6.07, 6.45) is 2.25. The van der Waals surface area contributed by atoms with Crippen LogP contribution in [-0.4, -0.2) is 66.9 Å². The van der Waals surface area contributed by atoms with Gasteiger partial charge in [-0.1, -0.05) is 24.3 Å². The zero-order valence-corrected chi connectivity index (χ0v) is 20.9. The van der Waals surface area contributed by atoms with Crippen molar-refractivity contribution in [3.63, 3.8) is 0 Å². The standard InChI is InChI=1S/C22H28N4OS2.Au/c1-24(2)20-9-7-19(8-10-20)23-16-18-5-3-17(4-6-18)15-21(27)25-11-13-26(14-12-25)22(28)29;/h3-10,16,22,28-29H,11-15H2,1-2H3;/p-2. The van der Waals surface area contributed by atoms with E-state index in [1.54, 1.807) is 0 Å². The molecule has 165 valence electrons. The SMILES string of the molecule is CN(C)c1ccc(N=Cc2ccc(CC(=O)N3CCN(C([S-])[S-])CC3)cc2)cc1.[Au]. The van der Waals surface area contributed by atoms with Crippen LogP contribution in [0.3, 0.4) is 0 Å². The number of nitrogens with zero attached hydrogens (tertiary/aromatic N) is 4. The molecular weight excluding hydrogens is 597 g/mol. The van der Waals surface area contributed by atoms with Crippen molar-refractivity contribution in [3.05, 3.63) is 59.7 Å². The summed E-state index contributed by atoms with van der Waals surface area (Å²) in [4.78, 5) is 23.1. The molecule has 30 heavy (non-hydrogen) atoms. The predicted molar refractivity (Wildman–Crippen MR) is 125 cm³/mol. The van der Waals surface area contributed by atoms with Crippen molar-refractivity contribution >= 4 is 48.8 Å². The Morgan fingerprint density at radius 3 is 2.17 bits per heavy atom. The number of piperazine rings is 1. The average molecular weight is 624 g/mol. The molecule has 1 fully saturated rings. The Morgan fingerprint density at radius 1 is 1.03 bits per heavy atom. The van der Waals surface area contributed by atoms with Crippen LogP contribution >= 0.6 is 0 Å². The van der Waals surface area contributed by atoms with E-state index in [1.807, 2.05) is 73.7 Å². The van der Waals surface area contributed by atoms with Gasteiger partial charge in [0.25, 0.3) is 0 Å². The number of hydrogen-bond acceptors (Lipinski definition) is 6. The van der Waals surface area contributed by atoms with Crippen LogP contribution in [0.2, 0.25) is 0 Å². The van der Waals surface area contributed by atoms with E-state index in [-0.39, 0.29) is 33.0 Å². The van der Waals surface area contributed by atoms with Gasteiger partial charge >= 0.3 is 0 Å². The summed E-state index contributed by atoms with van der Waals surface area (Å²) in [6, 6.07) is 16.1. The number of carbonyl (C=O) groups excluding carboxylic acids is 1. The van der Waals surface area contributed by atoms with Gasteiger partial charge in [-0.15, -0.1) is 0 Å². The van der Waals surface area contributed by atoms with E-state index in [9.17, 15) is 4.79 Å². The number of amides is 1. The smallest absolute Gasteiger partial charge is 0.227 e. The van der Waals surface area contributed by atoms with Gasteiger partial charge in [-0.2, -0.15) is 0 Å². The molecule has 3 rings (SSSR count). The second kappa shape index (κ2) is 12.0. The third-order valence-electron chi connectivity index (χ3n) is 5.03. The second-order valence-corrected chi connectivity index (χ2v) is 8.50. The third-order valence-corrected chi connectivity index (χ3v) is 5.63. The minimum absolute atomic E-state index is 0. The van der Waals surface area contributed by atoms with Gasteiger partial charge in [-0.3, -0.25) is 9.79 Å². The molecule has 0 unspecified atom stereocenters. The Morgan fingerprint density at radius 2 is 1.63 bits per heavy atom. The van der Waals surface area contributed by atoms with E-state index in [0.29, 0.717) is 19.5 Å². The van der Waals surface area contributed by atoms with Gasteiger partial charge in [-0.05, 0) is 35.4 Å². The molecule has 0 bridgehead atoms. The maximum Gasteiger partial charge on any atom is 0.227 e. The molecule has 2 aromatic rings. The van der Waals surface area contributed by atoms with E-state index < -0.39 is 0 Å². The normalized spacial score (nSPS) is 14.8. The first-order chi connectivity index (χ1) is 13.9. The molecule has 8 heteroatoms. The molecule has 0 spiro atoms. The number of anilines is 1. The maximum atomic E-state index is 12.5. The third kappa shape index (κ3) is 7.18. The van der Waals surface area contributed by atoms with E-state index >= 15 is 0 Å². The monoisotopic (exact) mass is 623 g/mol. The van der Waals surface area contributed by atoms with E-state index in [0.717, 1.165) is 35.6 Å². The first-order valence-electron chi connectivity index (χ1n) is 9.66. The fourth-order valence-electron chi connectivity index (χ4n) is 3.18. The zero-order valence-electron chi connectivity index (χ0n) is 17.1. The van der Waals surface area contributed by atoms with Gasteiger partial charge < -0.3 is 40.0 Å². The Hall–Kier alpha value is -1.22. The van der Waals surface area contributed by atoms with Gasteiger partial charge in [0, 0.05) is 74.6 Å². The largest absolute Gasteiger partial charge is 0.800 e. The Bertz CT molecular complexity index is 833. The molecule has 1 aliphatic rings. The molecule has 1 radical (unpaired) electrons. The Kier molecular flexibility index (Phi) is 10.0. The quantitative estimate of drug-likeness (QED) is 0.281. The van der Waals surface area contributed by atoms with E-state index in [2.05, 4.69) is 14.8 Å². The van der Waals surface area contributed by atoms with E-state index in [1.165, 1.54) is 0 Å². The van der Waals surface area contributed by atoms with Crippen LogP contribution < -0.4 is 4.90 Å². The van der Waals surface area contributed by atoms with Crippen LogP contribution in [0.15, 0.2) is 53.5 Å². The molecule has 1 heterocycles.